The van der Waals surface area contributed by atoms with Gasteiger partial charge in [0.1, 0.15) is 0 Å². The summed E-state index contributed by atoms with van der Waals surface area (Å²) in [6.07, 6.45) is 0.721. The lowest BCUT2D eigenvalue weighted by atomic mass is 10.2. The van der Waals surface area contributed by atoms with Crippen molar-refractivity contribution in [2.24, 2.45) is 0 Å². The Labute approximate surface area is 124 Å². The van der Waals surface area contributed by atoms with E-state index in [1.165, 1.54) is 0 Å². The van der Waals surface area contributed by atoms with E-state index in [-0.39, 0.29) is 12.4 Å². The molecule has 0 heterocycles. The van der Waals surface area contributed by atoms with Crippen molar-refractivity contribution in [1.29, 1.82) is 5.26 Å². The highest BCUT2D eigenvalue weighted by Crippen LogP contribution is 2.08. The third-order valence-electron chi connectivity index (χ3n) is 2.43. The third-order valence-corrected chi connectivity index (χ3v) is 4.86. The fourth-order valence-corrected chi connectivity index (χ4v) is 3.59. The first kappa shape index (κ1) is 17.0. The third kappa shape index (κ3) is 6.91. The van der Waals surface area contributed by atoms with Crippen LogP contribution in [0.25, 0.3) is 0 Å². The second kappa shape index (κ2) is 8.97. The SMILES string of the molecule is N#Cc1cccc(CS(=O)(=O)NCCSCCCO)c1. The molecule has 0 bridgehead atoms. The number of aliphatic hydroxyl groups excluding tert-OH is 1. The van der Waals surface area contributed by atoms with E-state index in [1.54, 1.807) is 36.0 Å². The van der Waals surface area contributed by atoms with Crippen molar-refractivity contribution in [3.05, 3.63) is 35.4 Å². The lowest BCUT2D eigenvalue weighted by Gasteiger charge is -2.07. The average Bonchev–Trinajstić information content (AvgIpc) is 2.42. The Morgan fingerprint density at radius 3 is 2.85 bits per heavy atom. The topological polar surface area (TPSA) is 90.2 Å². The molecule has 20 heavy (non-hydrogen) atoms. The van der Waals surface area contributed by atoms with Crippen LogP contribution in [0, 0.1) is 11.3 Å². The number of benzene rings is 1. The van der Waals surface area contributed by atoms with Crippen LogP contribution in [-0.4, -0.2) is 38.2 Å². The second-order valence-electron chi connectivity index (χ2n) is 4.16. The molecule has 110 valence electrons. The smallest absolute Gasteiger partial charge is 0.215 e. The van der Waals surface area contributed by atoms with Gasteiger partial charge in [0, 0.05) is 18.9 Å². The maximum absolute atomic E-state index is 11.8. The zero-order valence-corrected chi connectivity index (χ0v) is 12.7. The van der Waals surface area contributed by atoms with Crippen LogP contribution >= 0.6 is 11.8 Å². The van der Waals surface area contributed by atoms with Crippen LogP contribution < -0.4 is 4.72 Å². The summed E-state index contributed by atoms with van der Waals surface area (Å²) in [5.41, 5.74) is 1.06. The Morgan fingerprint density at radius 1 is 1.35 bits per heavy atom. The quantitative estimate of drug-likeness (QED) is 0.666. The zero-order valence-electron chi connectivity index (χ0n) is 11.1. The van der Waals surface area contributed by atoms with E-state index in [2.05, 4.69) is 4.72 Å². The number of hydrogen-bond acceptors (Lipinski definition) is 5. The van der Waals surface area contributed by atoms with E-state index < -0.39 is 10.0 Å². The molecule has 0 unspecified atom stereocenters. The lowest BCUT2D eigenvalue weighted by Crippen LogP contribution is -2.27. The molecular formula is C13H18N2O3S2. The average molecular weight is 314 g/mol. The Hall–Kier alpha value is -1.07. The van der Waals surface area contributed by atoms with Gasteiger partial charge in [-0.3, -0.25) is 0 Å². The van der Waals surface area contributed by atoms with Gasteiger partial charge in [0.2, 0.25) is 10.0 Å². The monoisotopic (exact) mass is 314 g/mol. The maximum atomic E-state index is 11.8. The van der Waals surface area contributed by atoms with Crippen LogP contribution in [0.1, 0.15) is 17.5 Å². The van der Waals surface area contributed by atoms with Crippen LogP contribution in [0.3, 0.4) is 0 Å². The van der Waals surface area contributed by atoms with Gasteiger partial charge in [-0.05, 0) is 29.9 Å². The summed E-state index contributed by atoms with van der Waals surface area (Å²) in [7, 11) is -3.37. The van der Waals surface area contributed by atoms with E-state index in [4.69, 9.17) is 10.4 Å². The van der Waals surface area contributed by atoms with Crippen molar-refractivity contribution in [3.63, 3.8) is 0 Å². The van der Waals surface area contributed by atoms with Gasteiger partial charge in [-0.25, -0.2) is 13.1 Å². The maximum Gasteiger partial charge on any atom is 0.215 e. The predicted molar refractivity (Wildman–Crippen MR) is 80.8 cm³/mol. The van der Waals surface area contributed by atoms with Gasteiger partial charge in [-0.15, -0.1) is 0 Å². The van der Waals surface area contributed by atoms with Crippen molar-refractivity contribution < 1.29 is 13.5 Å². The Kier molecular flexibility index (Phi) is 7.62. The molecule has 0 fully saturated rings. The summed E-state index contributed by atoms with van der Waals surface area (Å²) in [5.74, 6) is 1.38. The number of hydrogen-bond donors (Lipinski definition) is 2. The van der Waals surface area contributed by atoms with Crippen LogP contribution in [-0.2, 0) is 15.8 Å². The minimum absolute atomic E-state index is 0.121. The van der Waals surface area contributed by atoms with Gasteiger partial charge in [0.15, 0.2) is 0 Å². The molecule has 0 aliphatic carbocycles. The molecule has 0 spiro atoms. The molecule has 0 amide bonds. The summed E-state index contributed by atoms with van der Waals surface area (Å²) in [4.78, 5) is 0. The summed E-state index contributed by atoms with van der Waals surface area (Å²) in [5, 5.41) is 17.4. The highest BCUT2D eigenvalue weighted by atomic mass is 32.2. The molecule has 0 aromatic heterocycles. The molecule has 0 atom stereocenters. The molecule has 7 heteroatoms. The molecule has 0 radical (unpaired) electrons. The van der Waals surface area contributed by atoms with Gasteiger partial charge in [0.05, 0.1) is 17.4 Å². The van der Waals surface area contributed by atoms with Gasteiger partial charge >= 0.3 is 0 Å². The van der Waals surface area contributed by atoms with E-state index in [0.717, 1.165) is 12.2 Å². The molecule has 0 saturated heterocycles. The molecular weight excluding hydrogens is 296 g/mol. The Balaban J connectivity index is 2.39. The minimum Gasteiger partial charge on any atom is -0.396 e. The highest BCUT2D eigenvalue weighted by Gasteiger charge is 2.11. The van der Waals surface area contributed by atoms with E-state index >= 15 is 0 Å². The normalized spacial score (nSPS) is 11.2. The lowest BCUT2D eigenvalue weighted by molar-refractivity contribution is 0.296. The molecule has 0 aliphatic rings. The van der Waals surface area contributed by atoms with E-state index in [1.807, 2.05) is 6.07 Å². The first-order valence-electron chi connectivity index (χ1n) is 6.22. The number of rotatable bonds is 9. The first-order chi connectivity index (χ1) is 9.57. The first-order valence-corrected chi connectivity index (χ1v) is 9.03. The van der Waals surface area contributed by atoms with Crippen LogP contribution in [0.4, 0.5) is 0 Å². The van der Waals surface area contributed by atoms with Gasteiger partial charge in [-0.2, -0.15) is 17.0 Å². The summed E-state index contributed by atoms with van der Waals surface area (Å²) in [6, 6.07) is 8.57. The predicted octanol–water partition coefficient (Wildman–Crippen LogP) is 1.09. The van der Waals surface area contributed by atoms with Crippen molar-refractivity contribution in [1.82, 2.24) is 4.72 Å². The van der Waals surface area contributed by atoms with Crippen molar-refractivity contribution >= 4 is 21.8 Å². The zero-order chi connectivity index (χ0) is 14.8. The molecule has 1 rings (SSSR count). The van der Waals surface area contributed by atoms with Crippen molar-refractivity contribution in [2.75, 3.05) is 24.7 Å². The molecule has 0 saturated carbocycles. The van der Waals surface area contributed by atoms with Gasteiger partial charge in [-0.1, -0.05) is 12.1 Å². The van der Waals surface area contributed by atoms with Crippen molar-refractivity contribution in [2.45, 2.75) is 12.2 Å². The molecule has 2 N–H and O–H groups in total. The van der Waals surface area contributed by atoms with E-state index in [9.17, 15) is 8.42 Å². The molecule has 1 aromatic carbocycles. The number of nitrogens with zero attached hydrogens (tertiary/aromatic N) is 1. The molecule has 0 aliphatic heterocycles. The fraction of sp³-hybridized carbons (Fsp3) is 0.462. The Bertz CT molecular complexity index is 553. The molecule has 5 nitrogen and oxygen atoms in total. The number of nitrogens with one attached hydrogen (secondary N) is 1. The van der Waals surface area contributed by atoms with E-state index in [0.29, 0.717) is 23.4 Å². The van der Waals surface area contributed by atoms with Crippen molar-refractivity contribution in [3.8, 4) is 6.07 Å². The van der Waals surface area contributed by atoms with Crippen LogP contribution in [0.2, 0.25) is 0 Å². The summed E-state index contributed by atoms with van der Waals surface area (Å²) in [6.45, 7) is 0.532. The minimum atomic E-state index is -3.37. The van der Waals surface area contributed by atoms with Gasteiger partial charge < -0.3 is 5.11 Å². The number of nitriles is 1. The largest absolute Gasteiger partial charge is 0.396 e. The van der Waals surface area contributed by atoms with Crippen LogP contribution in [0.5, 0.6) is 0 Å². The highest BCUT2D eigenvalue weighted by molar-refractivity contribution is 7.99. The van der Waals surface area contributed by atoms with Crippen LogP contribution in [0.15, 0.2) is 24.3 Å². The van der Waals surface area contributed by atoms with Gasteiger partial charge in [0.25, 0.3) is 0 Å². The number of thioether (sulfide) groups is 1. The second-order valence-corrected chi connectivity index (χ2v) is 7.19. The molecule has 1 aromatic rings. The standard InChI is InChI=1S/C13H18N2O3S2/c14-10-12-3-1-4-13(9-12)11-20(17,18)15-5-8-19-7-2-6-16/h1,3-4,9,15-16H,2,5-8,11H2. The number of sulfonamides is 1. The number of aliphatic hydroxyl groups is 1. The summed E-state index contributed by atoms with van der Waals surface area (Å²) < 4.78 is 26.2. The summed E-state index contributed by atoms with van der Waals surface area (Å²) >= 11 is 1.60. The Morgan fingerprint density at radius 2 is 2.15 bits per heavy atom. The fourth-order valence-electron chi connectivity index (χ4n) is 1.54.